The van der Waals surface area contributed by atoms with Gasteiger partial charge < -0.3 is 4.74 Å². The number of fused-ring (bicyclic) bond motifs is 1. The van der Waals surface area contributed by atoms with Crippen LogP contribution in [0.5, 0.6) is 5.75 Å². The predicted molar refractivity (Wildman–Crippen MR) is 67.9 cm³/mol. The number of alkyl halides is 3. The number of rotatable bonds is 1. The van der Waals surface area contributed by atoms with E-state index in [9.17, 15) is 13.2 Å². The molecule has 0 amide bonds. The Morgan fingerprint density at radius 1 is 1.35 bits per heavy atom. The van der Waals surface area contributed by atoms with Crippen molar-refractivity contribution in [2.75, 3.05) is 0 Å². The lowest BCUT2D eigenvalue weighted by Crippen LogP contribution is -2.49. The lowest BCUT2D eigenvalue weighted by atomic mass is 9.95. The van der Waals surface area contributed by atoms with Crippen LogP contribution in [0.3, 0.4) is 0 Å². The Balaban J connectivity index is 2.45. The Morgan fingerprint density at radius 2 is 2.06 bits per heavy atom. The van der Waals surface area contributed by atoms with Gasteiger partial charge in [0.15, 0.2) is 0 Å². The molecular weight excluding hydrogens is 344 g/mol. The zero-order valence-electron chi connectivity index (χ0n) is 9.01. The fraction of sp³-hybridized carbons (Fsp3) is 0.333. The van der Waals surface area contributed by atoms with Crippen molar-refractivity contribution in [2.45, 2.75) is 25.1 Å². The van der Waals surface area contributed by atoms with E-state index in [-0.39, 0.29) is 12.2 Å². The van der Waals surface area contributed by atoms with Gasteiger partial charge in [0.1, 0.15) is 5.75 Å². The van der Waals surface area contributed by atoms with Crippen LogP contribution in [-0.4, -0.2) is 11.8 Å². The van der Waals surface area contributed by atoms with Gasteiger partial charge in [-0.1, -0.05) is 13.0 Å². The van der Waals surface area contributed by atoms with Crippen molar-refractivity contribution in [2.24, 2.45) is 0 Å². The zero-order valence-corrected chi connectivity index (χ0v) is 11.2. The van der Waals surface area contributed by atoms with Gasteiger partial charge in [-0.15, -0.1) is 0 Å². The molecule has 0 saturated heterocycles. The molecule has 1 heterocycles. The van der Waals surface area contributed by atoms with E-state index in [0.29, 0.717) is 5.56 Å². The van der Waals surface area contributed by atoms with Crippen LogP contribution in [0, 0.1) is 3.57 Å². The van der Waals surface area contributed by atoms with Gasteiger partial charge in [0.25, 0.3) is 0 Å². The molecule has 1 aliphatic heterocycles. The molecule has 5 heteroatoms. The van der Waals surface area contributed by atoms with Crippen molar-refractivity contribution < 1.29 is 17.9 Å². The maximum atomic E-state index is 13.0. The summed E-state index contributed by atoms with van der Waals surface area (Å²) >= 11 is 2.11. The molecule has 1 aliphatic rings. The van der Waals surface area contributed by atoms with Crippen LogP contribution in [0.4, 0.5) is 13.2 Å². The highest BCUT2D eigenvalue weighted by Gasteiger charge is 2.55. The molecule has 0 spiro atoms. The van der Waals surface area contributed by atoms with E-state index >= 15 is 0 Å². The Kier molecular flexibility index (Phi) is 3.14. The van der Waals surface area contributed by atoms with Gasteiger partial charge in [0, 0.05) is 9.13 Å². The summed E-state index contributed by atoms with van der Waals surface area (Å²) in [6, 6.07) is 5.11. The number of halogens is 4. The molecule has 1 nitrogen and oxygen atoms in total. The number of benzene rings is 1. The minimum absolute atomic E-state index is 0.140. The van der Waals surface area contributed by atoms with E-state index in [4.69, 9.17) is 4.74 Å². The molecule has 0 bridgehead atoms. The molecule has 1 atom stereocenters. The first-order valence-corrected chi connectivity index (χ1v) is 6.20. The molecule has 92 valence electrons. The molecule has 1 aromatic carbocycles. The summed E-state index contributed by atoms with van der Waals surface area (Å²) in [4.78, 5) is 0. The smallest absolute Gasteiger partial charge is 0.432 e. The van der Waals surface area contributed by atoms with Crippen molar-refractivity contribution in [1.29, 1.82) is 0 Å². The van der Waals surface area contributed by atoms with Crippen molar-refractivity contribution in [1.82, 2.24) is 0 Å². The summed E-state index contributed by atoms with van der Waals surface area (Å²) in [6.45, 7) is 1.47. The Bertz CT molecular complexity index is 467. The average molecular weight is 354 g/mol. The lowest BCUT2D eigenvalue weighted by molar-refractivity contribution is -0.230. The third kappa shape index (κ3) is 2.17. The summed E-state index contributed by atoms with van der Waals surface area (Å²) in [7, 11) is 0. The Morgan fingerprint density at radius 3 is 2.65 bits per heavy atom. The molecule has 0 N–H and O–H groups in total. The summed E-state index contributed by atoms with van der Waals surface area (Å²) in [5, 5.41) is 0. The van der Waals surface area contributed by atoms with Crippen molar-refractivity contribution >= 4 is 28.7 Å². The third-order valence-corrected chi connectivity index (χ3v) is 3.47. The summed E-state index contributed by atoms with van der Waals surface area (Å²) < 4.78 is 45.1. The van der Waals surface area contributed by atoms with E-state index in [0.717, 1.165) is 9.65 Å². The third-order valence-electron chi connectivity index (χ3n) is 2.80. The van der Waals surface area contributed by atoms with Crippen molar-refractivity contribution in [3.8, 4) is 5.75 Å². The minimum Gasteiger partial charge on any atom is -0.473 e. The second-order valence-electron chi connectivity index (χ2n) is 3.86. The standard InChI is InChI=1S/C12H10F3IO/c1-2-11(12(13,14)15)6-5-8-7-9(16)3-4-10(8)17-11/h3-7H,2H2,1H3. The predicted octanol–water partition coefficient (Wildman–Crippen LogP) is 4.41. The van der Waals surface area contributed by atoms with Gasteiger partial charge in [-0.05, 0) is 53.3 Å². The first kappa shape index (κ1) is 12.7. The number of ether oxygens (including phenoxy) is 1. The highest BCUT2D eigenvalue weighted by Crippen LogP contribution is 2.43. The summed E-state index contributed by atoms with van der Waals surface area (Å²) in [5.74, 6) is 0.284. The minimum atomic E-state index is -4.40. The first-order chi connectivity index (χ1) is 7.88. The van der Waals surface area contributed by atoms with E-state index in [1.165, 1.54) is 13.0 Å². The van der Waals surface area contributed by atoms with Crippen LogP contribution < -0.4 is 4.74 Å². The van der Waals surface area contributed by atoms with Gasteiger partial charge in [-0.3, -0.25) is 0 Å². The number of hydrogen-bond donors (Lipinski definition) is 0. The first-order valence-electron chi connectivity index (χ1n) is 5.12. The molecule has 0 saturated carbocycles. The van der Waals surface area contributed by atoms with Crippen LogP contribution in [0.2, 0.25) is 0 Å². The maximum absolute atomic E-state index is 13.0. The van der Waals surface area contributed by atoms with Gasteiger partial charge >= 0.3 is 6.18 Å². The molecule has 0 aromatic heterocycles. The molecule has 0 aliphatic carbocycles. The van der Waals surface area contributed by atoms with Crippen LogP contribution in [0.1, 0.15) is 18.9 Å². The molecule has 1 unspecified atom stereocenters. The number of hydrogen-bond acceptors (Lipinski definition) is 1. The second-order valence-corrected chi connectivity index (χ2v) is 5.10. The van der Waals surface area contributed by atoms with E-state index in [1.807, 2.05) is 0 Å². The van der Waals surface area contributed by atoms with E-state index in [2.05, 4.69) is 22.6 Å². The van der Waals surface area contributed by atoms with Gasteiger partial charge in [0.2, 0.25) is 5.60 Å². The SMILES string of the molecule is CCC1(C(F)(F)F)C=Cc2cc(I)ccc2O1. The summed E-state index contributed by atoms with van der Waals surface area (Å²) in [5.41, 5.74) is -1.50. The maximum Gasteiger partial charge on any atom is 0.432 e. The van der Waals surface area contributed by atoms with E-state index < -0.39 is 11.8 Å². The van der Waals surface area contributed by atoms with Crippen molar-refractivity contribution in [3.05, 3.63) is 33.4 Å². The van der Waals surface area contributed by atoms with Crippen LogP contribution in [0.15, 0.2) is 24.3 Å². The molecule has 2 rings (SSSR count). The zero-order chi connectivity index (χ0) is 12.7. The average Bonchev–Trinajstić information content (AvgIpc) is 2.27. The Hall–Kier alpha value is -0.720. The van der Waals surface area contributed by atoms with Gasteiger partial charge in [-0.25, -0.2) is 0 Å². The molecule has 0 radical (unpaired) electrons. The highest BCUT2D eigenvalue weighted by atomic mass is 127. The summed E-state index contributed by atoms with van der Waals surface area (Å²) in [6.07, 6.45) is -1.96. The Labute approximate surface area is 111 Å². The monoisotopic (exact) mass is 354 g/mol. The molecule has 0 fully saturated rings. The van der Waals surface area contributed by atoms with E-state index in [1.54, 1.807) is 18.2 Å². The van der Waals surface area contributed by atoms with Crippen LogP contribution in [-0.2, 0) is 0 Å². The normalized spacial score (nSPS) is 23.1. The fourth-order valence-electron chi connectivity index (χ4n) is 1.74. The molecular formula is C12H10F3IO. The molecule has 1 aromatic rings. The molecule has 17 heavy (non-hydrogen) atoms. The van der Waals surface area contributed by atoms with Gasteiger partial charge in [-0.2, -0.15) is 13.2 Å². The lowest BCUT2D eigenvalue weighted by Gasteiger charge is -2.35. The largest absolute Gasteiger partial charge is 0.473 e. The van der Waals surface area contributed by atoms with Gasteiger partial charge in [0.05, 0.1) is 0 Å². The van der Waals surface area contributed by atoms with Crippen LogP contribution in [0.25, 0.3) is 6.08 Å². The van der Waals surface area contributed by atoms with Crippen LogP contribution >= 0.6 is 22.6 Å². The fourth-order valence-corrected chi connectivity index (χ4v) is 2.26. The topological polar surface area (TPSA) is 9.23 Å². The highest BCUT2D eigenvalue weighted by molar-refractivity contribution is 14.1. The quantitative estimate of drug-likeness (QED) is 0.679. The second kappa shape index (κ2) is 4.19. The van der Waals surface area contributed by atoms with Crippen molar-refractivity contribution in [3.63, 3.8) is 0 Å².